The molecule has 2 heteroatoms. The third-order valence-electron chi connectivity index (χ3n) is 0.180. The molecule has 0 heterocycles. The highest BCUT2D eigenvalue weighted by Gasteiger charge is 1.82. The van der Waals surface area contributed by atoms with Crippen molar-refractivity contribution in [3.8, 4) is 0 Å². The molecular weight excluding hydrogens is 68.0 g/mol. The molecule has 0 aromatic carbocycles. The van der Waals surface area contributed by atoms with Crippen LogP contribution in [0, 0.1) is 6.92 Å². The quantitative estimate of drug-likeness (QED) is 0.367. The van der Waals surface area contributed by atoms with Crippen LogP contribution in [0.1, 0.15) is 6.92 Å². The number of hydrogen-bond acceptors (Lipinski definition) is 2. The maximum atomic E-state index is 7.58. The van der Waals surface area contributed by atoms with E-state index in [1.54, 1.807) is 6.92 Å². The third kappa shape index (κ3) is 3.92. The van der Waals surface area contributed by atoms with Crippen LogP contribution in [-0.2, 0) is 4.89 Å². The van der Waals surface area contributed by atoms with Gasteiger partial charge in [-0.05, 0) is 13.8 Å². The molecule has 0 aliphatic heterocycles. The van der Waals surface area contributed by atoms with E-state index in [-0.39, 0.29) is 6.10 Å². The van der Waals surface area contributed by atoms with E-state index < -0.39 is 0 Å². The monoisotopic (exact) mass is 75.0 g/mol. The van der Waals surface area contributed by atoms with Gasteiger partial charge >= 0.3 is 0 Å². The number of hydrogen-bond donors (Lipinski definition) is 1. The summed E-state index contributed by atoms with van der Waals surface area (Å²) in [6, 6.07) is 0. The lowest BCUT2D eigenvalue weighted by atomic mass is 10.5. The minimum absolute atomic E-state index is 0.310. The summed E-state index contributed by atoms with van der Waals surface area (Å²) < 4.78 is 0. The fourth-order valence-corrected chi connectivity index (χ4v) is 0. The first-order valence-electron chi connectivity index (χ1n) is 1.40. The maximum Gasteiger partial charge on any atom is 0.0900 e. The molecule has 0 saturated carbocycles. The molecular formula is C3H7O2. The average Bonchev–Trinajstić information content (AvgIpc) is 1.38. The molecule has 0 spiro atoms. The van der Waals surface area contributed by atoms with Gasteiger partial charge in [0.2, 0.25) is 0 Å². The largest absolute Gasteiger partial charge is 0.252 e. The molecule has 0 aromatic rings. The van der Waals surface area contributed by atoms with Crippen molar-refractivity contribution >= 4 is 0 Å². The SMILES string of the molecule is [CH2]C(C)OO. The fourth-order valence-electron chi connectivity index (χ4n) is 0. The highest BCUT2D eigenvalue weighted by Crippen LogP contribution is 1.76. The lowest BCUT2D eigenvalue weighted by Gasteiger charge is -1.91. The van der Waals surface area contributed by atoms with Crippen LogP contribution in [-0.4, -0.2) is 11.4 Å². The Bertz CT molecular complexity index is 18.9. The molecule has 5 heavy (non-hydrogen) atoms. The van der Waals surface area contributed by atoms with Crippen LogP contribution >= 0.6 is 0 Å². The normalized spacial score (nSPS) is 9.60. The van der Waals surface area contributed by atoms with Gasteiger partial charge in [0.15, 0.2) is 0 Å². The van der Waals surface area contributed by atoms with Crippen LogP contribution in [0.15, 0.2) is 0 Å². The minimum Gasteiger partial charge on any atom is -0.252 e. The minimum atomic E-state index is -0.310. The summed E-state index contributed by atoms with van der Waals surface area (Å²) in [5.41, 5.74) is 0. The molecule has 1 atom stereocenters. The summed E-state index contributed by atoms with van der Waals surface area (Å²) in [4.78, 5) is 3.64. The van der Waals surface area contributed by atoms with Gasteiger partial charge in [-0.1, -0.05) is 0 Å². The molecule has 31 valence electrons. The zero-order valence-corrected chi connectivity index (χ0v) is 3.14. The van der Waals surface area contributed by atoms with Crippen LogP contribution < -0.4 is 0 Å². The predicted molar refractivity (Wildman–Crippen MR) is 18.5 cm³/mol. The van der Waals surface area contributed by atoms with Crippen molar-refractivity contribution in [2.75, 3.05) is 0 Å². The van der Waals surface area contributed by atoms with Crippen LogP contribution in [0.3, 0.4) is 0 Å². The first-order chi connectivity index (χ1) is 2.27. The highest BCUT2D eigenvalue weighted by atomic mass is 17.1. The van der Waals surface area contributed by atoms with Crippen molar-refractivity contribution in [2.45, 2.75) is 13.0 Å². The Morgan fingerprint density at radius 2 is 2.20 bits per heavy atom. The van der Waals surface area contributed by atoms with Gasteiger partial charge < -0.3 is 0 Å². The molecule has 0 aliphatic rings. The van der Waals surface area contributed by atoms with Crippen molar-refractivity contribution in [2.24, 2.45) is 0 Å². The van der Waals surface area contributed by atoms with E-state index in [1.807, 2.05) is 0 Å². The molecule has 0 aromatic heterocycles. The molecule has 1 N–H and O–H groups in total. The van der Waals surface area contributed by atoms with E-state index in [1.165, 1.54) is 0 Å². The molecule has 1 unspecified atom stereocenters. The molecule has 0 bridgehead atoms. The Morgan fingerprint density at radius 3 is 2.20 bits per heavy atom. The van der Waals surface area contributed by atoms with Gasteiger partial charge in [-0.25, -0.2) is 4.89 Å². The molecule has 1 radical (unpaired) electrons. The Kier molecular flexibility index (Phi) is 2.14. The summed E-state index contributed by atoms with van der Waals surface area (Å²) in [6.45, 7) is 4.92. The fraction of sp³-hybridized carbons (Fsp3) is 0.667. The highest BCUT2D eigenvalue weighted by molar-refractivity contribution is 4.43. The molecule has 0 aliphatic carbocycles. The van der Waals surface area contributed by atoms with Gasteiger partial charge in [0.1, 0.15) is 0 Å². The van der Waals surface area contributed by atoms with Gasteiger partial charge in [-0.2, -0.15) is 0 Å². The van der Waals surface area contributed by atoms with Crippen molar-refractivity contribution in [1.29, 1.82) is 0 Å². The molecule has 2 nitrogen and oxygen atoms in total. The third-order valence-corrected chi connectivity index (χ3v) is 0.180. The van der Waals surface area contributed by atoms with Crippen LogP contribution in [0.25, 0.3) is 0 Å². The van der Waals surface area contributed by atoms with E-state index >= 15 is 0 Å². The number of rotatable bonds is 1. The van der Waals surface area contributed by atoms with Crippen molar-refractivity contribution in [3.05, 3.63) is 6.92 Å². The van der Waals surface area contributed by atoms with Crippen LogP contribution in [0.5, 0.6) is 0 Å². The Morgan fingerprint density at radius 1 is 2.00 bits per heavy atom. The zero-order valence-electron chi connectivity index (χ0n) is 3.14. The summed E-state index contributed by atoms with van der Waals surface area (Å²) in [6.07, 6.45) is -0.310. The second-order valence-corrected chi connectivity index (χ2v) is 0.916. The standard InChI is InChI=1S/C3H7O2/c1-3(2)5-4/h3-4H,1H2,2H3. The van der Waals surface area contributed by atoms with E-state index in [0.717, 1.165) is 0 Å². The summed E-state index contributed by atoms with van der Waals surface area (Å²) in [5.74, 6) is 0. The zero-order chi connectivity index (χ0) is 4.28. The molecule has 0 saturated heterocycles. The van der Waals surface area contributed by atoms with Gasteiger partial charge in [0, 0.05) is 0 Å². The van der Waals surface area contributed by atoms with Gasteiger partial charge in [0.25, 0.3) is 0 Å². The lowest BCUT2D eigenvalue weighted by Crippen LogP contribution is -1.95. The second kappa shape index (κ2) is 2.18. The summed E-state index contributed by atoms with van der Waals surface area (Å²) in [5, 5.41) is 7.58. The first-order valence-corrected chi connectivity index (χ1v) is 1.40. The molecule has 0 fully saturated rings. The predicted octanol–water partition coefficient (Wildman–Crippen LogP) is 0.699. The Balaban J connectivity index is 2.54. The van der Waals surface area contributed by atoms with E-state index in [4.69, 9.17) is 5.26 Å². The van der Waals surface area contributed by atoms with Crippen molar-refractivity contribution in [1.82, 2.24) is 0 Å². The van der Waals surface area contributed by atoms with E-state index in [2.05, 4.69) is 11.8 Å². The maximum absolute atomic E-state index is 7.58. The van der Waals surface area contributed by atoms with Crippen LogP contribution in [0.4, 0.5) is 0 Å². The van der Waals surface area contributed by atoms with Crippen molar-refractivity contribution < 1.29 is 10.1 Å². The van der Waals surface area contributed by atoms with Crippen molar-refractivity contribution in [3.63, 3.8) is 0 Å². The topological polar surface area (TPSA) is 29.5 Å². The molecule has 0 amide bonds. The molecule has 0 rings (SSSR count). The van der Waals surface area contributed by atoms with Gasteiger partial charge in [0.05, 0.1) is 6.10 Å². The summed E-state index contributed by atoms with van der Waals surface area (Å²) in [7, 11) is 0. The average molecular weight is 75.1 g/mol. The Labute approximate surface area is 31.3 Å². The van der Waals surface area contributed by atoms with Gasteiger partial charge in [-0.15, -0.1) is 0 Å². The first kappa shape index (κ1) is 4.92. The smallest absolute Gasteiger partial charge is 0.0900 e. The van der Waals surface area contributed by atoms with E-state index in [9.17, 15) is 0 Å². The lowest BCUT2D eigenvalue weighted by molar-refractivity contribution is -0.262. The van der Waals surface area contributed by atoms with Gasteiger partial charge in [-0.3, -0.25) is 5.26 Å². The van der Waals surface area contributed by atoms with Crippen LogP contribution in [0.2, 0.25) is 0 Å². The van der Waals surface area contributed by atoms with E-state index in [0.29, 0.717) is 0 Å². The summed E-state index contributed by atoms with van der Waals surface area (Å²) >= 11 is 0. The second-order valence-electron chi connectivity index (χ2n) is 0.916. The Hall–Kier alpha value is -0.0800.